The largest absolute Gasteiger partial charge is 0.492 e. The standard InChI is InChI=1S/C23H27N3O5S/c1-24-22(28)20-15-23(16-26(20)32(29,30)18-10-6-3-7-11-18)14-19(23)21(27)25-12-13-31-17-8-4-2-5-9-17/h2-11,19-20H,12-16H2,1H3,(H,24,28)(H,25,27)/t19-,20+,23+/m1/s1. The molecule has 1 aliphatic heterocycles. The van der Waals surface area contributed by atoms with E-state index < -0.39 is 21.5 Å². The van der Waals surface area contributed by atoms with Crippen molar-refractivity contribution < 1.29 is 22.7 Å². The van der Waals surface area contributed by atoms with E-state index in [4.69, 9.17) is 4.74 Å². The summed E-state index contributed by atoms with van der Waals surface area (Å²) in [5, 5.41) is 5.44. The quantitative estimate of drug-likeness (QED) is 0.583. The number of ether oxygens (including phenoxy) is 1. The molecular weight excluding hydrogens is 430 g/mol. The van der Waals surface area contributed by atoms with Gasteiger partial charge in [-0.2, -0.15) is 4.31 Å². The monoisotopic (exact) mass is 457 g/mol. The highest BCUT2D eigenvalue weighted by atomic mass is 32.2. The summed E-state index contributed by atoms with van der Waals surface area (Å²) in [7, 11) is -2.36. The van der Waals surface area contributed by atoms with Crippen LogP contribution in [0.15, 0.2) is 65.6 Å². The lowest BCUT2D eigenvalue weighted by Crippen LogP contribution is -2.44. The van der Waals surface area contributed by atoms with Crippen LogP contribution in [0.1, 0.15) is 12.8 Å². The molecule has 3 atom stereocenters. The van der Waals surface area contributed by atoms with Gasteiger partial charge in [0.05, 0.1) is 11.4 Å². The predicted molar refractivity (Wildman–Crippen MR) is 118 cm³/mol. The van der Waals surface area contributed by atoms with Crippen LogP contribution in [0.5, 0.6) is 5.75 Å². The van der Waals surface area contributed by atoms with Crippen molar-refractivity contribution in [3.8, 4) is 5.75 Å². The highest BCUT2D eigenvalue weighted by Crippen LogP contribution is 2.60. The summed E-state index contributed by atoms with van der Waals surface area (Å²) in [6.07, 6.45) is 0.893. The van der Waals surface area contributed by atoms with Crippen LogP contribution < -0.4 is 15.4 Å². The molecule has 1 aliphatic carbocycles. The Morgan fingerprint density at radius 2 is 1.69 bits per heavy atom. The first-order valence-electron chi connectivity index (χ1n) is 10.6. The molecule has 1 saturated carbocycles. The van der Waals surface area contributed by atoms with E-state index in [1.54, 1.807) is 18.2 Å². The summed E-state index contributed by atoms with van der Waals surface area (Å²) in [6, 6.07) is 16.6. The number of likely N-dealkylation sites (N-methyl/N-ethyl adjacent to an activating group) is 1. The fourth-order valence-corrected chi connectivity index (χ4v) is 6.15. The molecule has 1 spiro atoms. The Hall–Kier alpha value is -2.91. The first-order chi connectivity index (χ1) is 15.4. The molecule has 0 radical (unpaired) electrons. The van der Waals surface area contributed by atoms with Crippen LogP contribution in [-0.4, -0.2) is 57.3 Å². The van der Waals surface area contributed by atoms with Crippen molar-refractivity contribution in [2.24, 2.45) is 11.3 Å². The number of hydrogen-bond donors (Lipinski definition) is 2. The van der Waals surface area contributed by atoms with E-state index in [1.165, 1.54) is 23.5 Å². The van der Waals surface area contributed by atoms with Crippen molar-refractivity contribution in [2.75, 3.05) is 26.7 Å². The van der Waals surface area contributed by atoms with Gasteiger partial charge in [0.25, 0.3) is 0 Å². The van der Waals surface area contributed by atoms with Gasteiger partial charge in [0, 0.05) is 19.5 Å². The summed E-state index contributed by atoms with van der Waals surface area (Å²) in [5.74, 6) is -0.0713. The van der Waals surface area contributed by atoms with Crippen LogP contribution in [0.4, 0.5) is 0 Å². The van der Waals surface area contributed by atoms with Gasteiger partial charge in [-0.15, -0.1) is 0 Å². The second-order valence-electron chi connectivity index (χ2n) is 8.27. The van der Waals surface area contributed by atoms with Crippen molar-refractivity contribution in [3.05, 3.63) is 60.7 Å². The third-order valence-corrected chi connectivity index (χ3v) is 8.11. The molecule has 32 heavy (non-hydrogen) atoms. The van der Waals surface area contributed by atoms with Gasteiger partial charge >= 0.3 is 0 Å². The van der Waals surface area contributed by atoms with Crippen molar-refractivity contribution in [1.82, 2.24) is 14.9 Å². The number of rotatable bonds is 8. The number of sulfonamides is 1. The number of benzene rings is 2. The number of para-hydroxylation sites is 1. The number of nitrogens with zero attached hydrogens (tertiary/aromatic N) is 1. The third-order valence-electron chi connectivity index (χ3n) is 6.24. The molecule has 0 bridgehead atoms. The zero-order chi connectivity index (χ0) is 22.8. The Balaban J connectivity index is 1.40. The first-order valence-corrected chi connectivity index (χ1v) is 12.1. The third kappa shape index (κ3) is 4.35. The molecule has 9 heteroatoms. The van der Waals surface area contributed by atoms with E-state index in [0.717, 1.165) is 5.75 Å². The van der Waals surface area contributed by atoms with Gasteiger partial charge in [0.15, 0.2) is 0 Å². The Labute approximate surface area is 188 Å². The Morgan fingerprint density at radius 3 is 2.34 bits per heavy atom. The van der Waals surface area contributed by atoms with E-state index in [0.29, 0.717) is 26.0 Å². The van der Waals surface area contributed by atoms with Crippen molar-refractivity contribution in [2.45, 2.75) is 23.8 Å². The Morgan fingerprint density at radius 1 is 1.03 bits per heavy atom. The predicted octanol–water partition coefficient (Wildman–Crippen LogP) is 1.40. The van der Waals surface area contributed by atoms with Crippen molar-refractivity contribution >= 4 is 21.8 Å². The molecular formula is C23H27N3O5S. The maximum atomic E-state index is 13.2. The van der Waals surface area contributed by atoms with Crippen LogP contribution in [0.2, 0.25) is 0 Å². The van der Waals surface area contributed by atoms with E-state index in [2.05, 4.69) is 10.6 Å². The number of nitrogens with one attached hydrogen (secondary N) is 2. The van der Waals surface area contributed by atoms with Gasteiger partial charge in [-0.1, -0.05) is 36.4 Å². The van der Waals surface area contributed by atoms with E-state index >= 15 is 0 Å². The molecule has 1 heterocycles. The number of amides is 2. The van der Waals surface area contributed by atoms with Gasteiger partial charge < -0.3 is 15.4 Å². The summed E-state index contributed by atoms with van der Waals surface area (Å²) in [5.41, 5.74) is -0.511. The number of carbonyl (C=O) groups is 2. The Bertz CT molecular complexity index is 1080. The van der Waals surface area contributed by atoms with Crippen LogP contribution in [0.3, 0.4) is 0 Å². The van der Waals surface area contributed by atoms with Gasteiger partial charge in [0.1, 0.15) is 18.4 Å². The smallest absolute Gasteiger partial charge is 0.243 e. The molecule has 0 unspecified atom stereocenters. The van der Waals surface area contributed by atoms with Crippen LogP contribution in [0, 0.1) is 11.3 Å². The zero-order valence-corrected chi connectivity index (χ0v) is 18.7. The Kier molecular flexibility index (Phi) is 6.21. The molecule has 2 amide bonds. The van der Waals surface area contributed by atoms with Gasteiger partial charge in [0.2, 0.25) is 21.8 Å². The molecule has 1 saturated heterocycles. The van der Waals surface area contributed by atoms with Crippen molar-refractivity contribution in [3.63, 3.8) is 0 Å². The molecule has 2 fully saturated rings. The maximum Gasteiger partial charge on any atom is 0.243 e. The normalized spacial score (nSPS) is 24.8. The number of carbonyl (C=O) groups excluding carboxylic acids is 2. The van der Waals surface area contributed by atoms with Crippen molar-refractivity contribution in [1.29, 1.82) is 0 Å². The van der Waals surface area contributed by atoms with Crippen LogP contribution in [-0.2, 0) is 19.6 Å². The lowest BCUT2D eigenvalue weighted by atomic mass is 9.99. The van der Waals surface area contributed by atoms with Crippen LogP contribution >= 0.6 is 0 Å². The molecule has 2 N–H and O–H groups in total. The lowest BCUT2D eigenvalue weighted by molar-refractivity contribution is -0.124. The lowest BCUT2D eigenvalue weighted by Gasteiger charge is -2.22. The first kappa shape index (κ1) is 22.3. The van der Waals surface area contributed by atoms with E-state index in [1.807, 2.05) is 30.3 Å². The molecule has 170 valence electrons. The van der Waals surface area contributed by atoms with E-state index in [-0.39, 0.29) is 29.2 Å². The van der Waals surface area contributed by atoms with Gasteiger partial charge in [-0.25, -0.2) is 8.42 Å². The fraction of sp³-hybridized carbons (Fsp3) is 0.391. The minimum atomic E-state index is -3.85. The molecule has 2 aromatic rings. The summed E-state index contributed by atoms with van der Waals surface area (Å²) < 4.78 is 33.3. The molecule has 8 nitrogen and oxygen atoms in total. The minimum Gasteiger partial charge on any atom is -0.492 e. The molecule has 2 aliphatic rings. The van der Waals surface area contributed by atoms with Gasteiger partial charge in [-0.3, -0.25) is 9.59 Å². The second kappa shape index (κ2) is 8.91. The highest BCUT2D eigenvalue weighted by Gasteiger charge is 2.65. The van der Waals surface area contributed by atoms with Gasteiger partial charge in [-0.05, 0) is 42.5 Å². The summed E-state index contributed by atoms with van der Waals surface area (Å²) in [6.45, 7) is 0.844. The highest BCUT2D eigenvalue weighted by molar-refractivity contribution is 7.89. The summed E-state index contributed by atoms with van der Waals surface area (Å²) in [4.78, 5) is 25.4. The topological polar surface area (TPSA) is 105 Å². The summed E-state index contributed by atoms with van der Waals surface area (Å²) >= 11 is 0. The maximum absolute atomic E-state index is 13.2. The van der Waals surface area contributed by atoms with Crippen LogP contribution in [0.25, 0.3) is 0 Å². The number of hydrogen-bond acceptors (Lipinski definition) is 5. The second-order valence-corrected chi connectivity index (χ2v) is 10.2. The molecule has 2 aromatic carbocycles. The molecule has 4 rings (SSSR count). The fourth-order valence-electron chi connectivity index (χ4n) is 4.44. The molecule has 0 aromatic heterocycles. The average Bonchev–Trinajstić information content (AvgIpc) is 3.38. The zero-order valence-electron chi connectivity index (χ0n) is 17.9. The van der Waals surface area contributed by atoms with E-state index in [9.17, 15) is 18.0 Å². The minimum absolute atomic E-state index is 0.128. The average molecular weight is 458 g/mol. The SMILES string of the molecule is CNC(=O)[C@@H]1C[C@@]2(C[C@@H]2C(=O)NCCOc2ccccc2)CN1S(=O)(=O)c1ccccc1.